The van der Waals surface area contributed by atoms with Gasteiger partial charge in [0.1, 0.15) is 5.70 Å². The Morgan fingerprint density at radius 2 is 2.15 bits per heavy atom. The molecule has 0 heterocycles. The van der Waals surface area contributed by atoms with Gasteiger partial charge in [-0.2, -0.15) is 0 Å². The second-order valence-corrected chi connectivity index (χ2v) is 2.73. The molecule has 4 N–H and O–H groups in total. The SMILES string of the molecule is C=NC(N)=NC(C=NC1CC1)=CN. The minimum absolute atomic E-state index is 0.0962. The highest BCUT2D eigenvalue weighted by Gasteiger charge is 2.18. The number of allylic oxidation sites excluding steroid dienone is 1. The summed E-state index contributed by atoms with van der Waals surface area (Å²) in [5.41, 5.74) is 11.1. The third-order valence-corrected chi connectivity index (χ3v) is 1.54. The lowest BCUT2D eigenvalue weighted by Crippen LogP contribution is -2.08. The van der Waals surface area contributed by atoms with Crippen LogP contribution in [0.3, 0.4) is 0 Å². The fourth-order valence-electron chi connectivity index (χ4n) is 0.682. The molecule has 1 aliphatic carbocycles. The summed E-state index contributed by atoms with van der Waals surface area (Å²) in [7, 11) is 0. The Morgan fingerprint density at radius 3 is 2.62 bits per heavy atom. The van der Waals surface area contributed by atoms with E-state index in [1.807, 2.05) is 0 Å². The standard InChI is InChI=1S/C8H13N5/c1-11-8(10)13-7(4-9)5-12-6-2-3-6/h4-6H,1-3,9H2,(H2,10,13). The van der Waals surface area contributed by atoms with Gasteiger partial charge in [-0.15, -0.1) is 0 Å². The van der Waals surface area contributed by atoms with Gasteiger partial charge < -0.3 is 11.5 Å². The molecule has 0 radical (unpaired) electrons. The molecule has 0 aliphatic heterocycles. The molecule has 0 atom stereocenters. The second-order valence-electron chi connectivity index (χ2n) is 2.73. The molecule has 1 aliphatic rings. The lowest BCUT2D eigenvalue weighted by molar-refractivity contribution is 1.07. The van der Waals surface area contributed by atoms with Gasteiger partial charge in [0.05, 0.1) is 6.04 Å². The van der Waals surface area contributed by atoms with Crippen molar-refractivity contribution in [3.8, 4) is 0 Å². The Hall–Kier alpha value is -1.65. The summed E-state index contributed by atoms with van der Waals surface area (Å²) in [5, 5.41) is 0. The first-order chi connectivity index (χ1) is 6.26. The van der Waals surface area contributed by atoms with Gasteiger partial charge in [0, 0.05) is 12.4 Å². The number of guanidine groups is 1. The van der Waals surface area contributed by atoms with Crippen LogP contribution in [0.15, 0.2) is 26.9 Å². The average Bonchev–Trinajstić information content (AvgIpc) is 2.95. The van der Waals surface area contributed by atoms with Gasteiger partial charge >= 0.3 is 0 Å². The van der Waals surface area contributed by atoms with Crippen molar-refractivity contribution in [2.75, 3.05) is 0 Å². The molecule has 0 bridgehead atoms. The van der Waals surface area contributed by atoms with Gasteiger partial charge in [0.15, 0.2) is 0 Å². The van der Waals surface area contributed by atoms with Crippen LogP contribution in [0.5, 0.6) is 0 Å². The Labute approximate surface area is 77.0 Å². The Bertz CT molecular complexity index is 272. The predicted molar refractivity (Wildman–Crippen MR) is 55.0 cm³/mol. The summed E-state index contributed by atoms with van der Waals surface area (Å²) in [6.07, 6.45) is 5.24. The molecule has 13 heavy (non-hydrogen) atoms. The predicted octanol–water partition coefficient (Wildman–Crippen LogP) is 0.0350. The van der Waals surface area contributed by atoms with E-state index in [0.717, 1.165) is 12.8 Å². The van der Waals surface area contributed by atoms with Crippen LogP contribution in [-0.2, 0) is 0 Å². The number of hydrogen-bond donors (Lipinski definition) is 2. The highest BCUT2D eigenvalue weighted by molar-refractivity contribution is 5.88. The molecule has 0 spiro atoms. The zero-order chi connectivity index (χ0) is 9.68. The van der Waals surface area contributed by atoms with Crippen LogP contribution in [0.25, 0.3) is 0 Å². The van der Waals surface area contributed by atoms with Crippen LogP contribution in [0.4, 0.5) is 0 Å². The first-order valence-electron chi connectivity index (χ1n) is 4.02. The normalized spacial score (nSPS) is 19.4. The Morgan fingerprint density at radius 1 is 1.46 bits per heavy atom. The topological polar surface area (TPSA) is 89.1 Å². The fourth-order valence-corrected chi connectivity index (χ4v) is 0.682. The molecule has 1 saturated carbocycles. The number of hydrogen-bond acceptors (Lipinski definition) is 3. The molecule has 1 fully saturated rings. The number of nitrogens with two attached hydrogens (primary N) is 2. The number of nitrogens with zero attached hydrogens (tertiary/aromatic N) is 3. The van der Waals surface area contributed by atoms with Crippen LogP contribution in [0, 0.1) is 0 Å². The smallest absolute Gasteiger partial charge is 0.220 e. The van der Waals surface area contributed by atoms with Gasteiger partial charge in [0.2, 0.25) is 5.96 Å². The minimum Gasteiger partial charge on any atom is -0.403 e. The molecule has 70 valence electrons. The van der Waals surface area contributed by atoms with E-state index < -0.39 is 0 Å². The maximum atomic E-state index is 5.33. The highest BCUT2D eigenvalue weighted by Crippen LogP contribution is 2.23. The summed E-state index contributed by atoms with van der Waals surface area (Å²) in [5.74, 6) is 0.0962. The quantitative estimate of drug-likeness (QED) is 0.473. The van der Waals surface area contributed by atoms with E-state index in [2.05, 4.69) is 21.7 Å². The largest absolute Gasteiger partial charge is 0.403 e. The van der Waals surface area contributed by atoms with Crippen molar-refractivity contribution in [2.45, 2.75) is 18.9 Å². The van der Waals surface area contributed by atoms with Crippen molar-refractivity contribution in [2.24, 2.45) is 26.4 Å². The van der Waals surface area contributed by atoms with Gasteiger partial charge in [-0.1, -0.05) is 0 Å². The summed E-state index contributed by atoms with van der Waals surface area (Å²) < 4.78 is 0. The van der Waals surface area contributed by atoms with Crippen LogP contribution >= 0.6 is 0 Å². The molecule has 5 heteroatoms. The van der Waals surface area contributed by atoms with Crippen molar-refractivity contribution in [1.29, 1.82) is 0 Å². The molecule has 0 aromatic rings. The van der Waals surface area contributed by atoms with Crippen molar-refractivity contribution < 1.29 is 0 Å². The first-order valence-corrected chi connectivity index (χ1v) is 4.02. The monoisotopic (exact) mass is 179 g/mol. The number of rotatable bonds is 3. The highest BCUT2D eigenvalue weighted by atomic mass is 15.0. The maximum absolute atomic E-state index is 5.33. The first kappa shape index (κ1) is 9.44. The molecule has 0 unspecified atom stereocenters. The van der Waals surface area contributed by atoms with E-state index in [1.54, 1.807) is 6.21 Å². The van der Waals surface area contributed by atoms with E-state index in [9.17, 15) is 0 Å². The molecular formula is C8H13N5. The van der Waals surface area contributed by atoms with Crippen LogP contribution in [-0.4, -0.2) is 24.9 Å². The molecule has 0 aromatic heterocycles. The molecular weight excluding hydrogens is 166 g/mol. The number of aliphatic imine (C=N–C) groups is 3. The van der Waals surface area contributed by atoms with Crippen LogP contribution < -0.4 is 11.5 Å². The van der Waals surface area contributed by atoms with Crippen molar-refractivity contribution in [3.63, 3.8) is 0 Å². The minimum atomic E-state index is 0.0962. The summed E-state index contributed by atoms with van der Waals surface area (Å²) in [6, 6.07) is 0.447. The van der Waals surface area contributed by atoms with Crippen molar-refractivity contribution in [1.82, 2.24) is 0 Å². The molecule has 0 amide bonds. The summed E-state index contributed by atoms with van der Waals surface area (Å²) >= 11 is 0. The van der Waals surface area contributed by atoms with Crippen molar-refractivity contribution in [3.05, 3.63) is 11.9 Å². The average molecular weight is 179 g/mol. The second kappa shape index (κ2) is 4.39. The van der Waals surface area contributed by atoms with Gasteiger partial charge in [-0.3, -0.25) is 4.99 Å². The van der Waals surface area contributed by atoms with Crippen LogP contribution in [0.1, 0.15) is 12.8 Å². The zero-order valence-corrected chi connectivity index (χ0v) is 7.35. The van der Waals surface area contributed by atoms with Crippen LogP contribution in [0.2, 0.25) is 0 Å². The van der Waals surface area contributed by atoms with Crippen molar-refractivity contribution >= 4 is 18.9 Å². The van der Waals surface area contributed by atoms with E-state index in [1.165, 1.54) is 6.20 Å². The molecule has 1 rings (SSSR count). The Kier molecular flexibility index (Phi) is 3.19. The van der Waals surface area contributed by atoms with Gasteiger partial charge in [-0.25, -0.2) is 9.98 Å². The lowest BCUT2D eigenvalue weighted by atomic mass is 10.5. The zero-order valence-electron chi connectivity index (χ0n) is 7.35. The molecule has 5 nitrogen and oxygen atoms in total. The molecule has 0 saturated heterocycles. The van der Waals surface area contributed by atoms with Gasteiger partial charge in [0.25, 0.3) is 0 Å². The Balaban J connectivity index is 2.56. The third-order valence-electron chi connectivity index (χ3n) is 1.54. The summed E-state index contributed by atoms with van der Waals surface area (Å²) in [6.45, 7) is 3.24. The third kappa shape index (κ3) is 3.50. The van der Waals surface area contributed by atoms with Gasteiger partial charge in [-0.05, 0) is 19.6 Å². The maximum Gasteiger partial charge on any atom is 0.220 e. The lowest BCUT2D eigenvalue weighted by Gasteiger charge is -1.92. The summed E-state index contributed by atoms with van der Waals surface area (Å²) in [4.78, 5) is 11.5. The van der Waals surface area contributed by atoms with E-state index in [0.29, 0.717) is 11.7 Å². The molecule has 0 aromatic carbocycles. The van der Waals surface area contributed by atoms with E-state index >= 15 is 0 Å². The van der Waals surface area contributed by atoms with E-state index in [-0.39, 0.29) is 5.96 Å². The van der Waals surface area contributed by atoms with E-state index in [4.69, 9.17) is 11.5 Å². The fraction of sp³-hybridized carbons (Fsp3) is 0.375.